The normalized spacial score (nSPS) is 14.3. The third kappa shape index (κ3) is 5.68. The topological polar surface area (TPSA) is 68.4 Å². The van der Waals surface area contributed by atoms with Crippen molar-refractivity contribution in [3.8, 4) is 11.3 Å². The molecule has 7 heteroatoms. The Bertz CT molecular complexity index is 1510. The largest absolute Gasteiger partial charge is 0.357 e. The van der Waals surface area contributed by atoms with Crippen molar-refractivity contribution in [1.29, 1.82) is 0 Å². The molecule has 3 heterocycles. The Labute approximate surface area is 241 Å². The fourth-order valence-corrected chi connectivity index (χ4v) is 5.85. The summed E-state index contributed by atoms with van der Waals surface area (Å²) >= 11 is 0. The van der Waals surface area contributed by atoms with E-state index in [-0.39, 0.29) is 6.04 Å². The summed E-state index contributed by atoms with van der Waals surface area (Å²) in [7, 11) is 0. The number of hydrogen-bond acceptors (Lipinski definition) is 5. The minimum atomic E-state index is 0.219. The van der Waals surface area contributed by atoms with E-state index >= 15 is 0 Å². The Morgan fingerprint density at radius 1 is 0.854 bits per heavy atom. The van der Waals surface area contributed by atoms with E-state index in [1.54, 1.807) is 23.5 Å². The Balaban J connectivity index is 1.28. The van der Waals surface area contributed by atoms with Gasteiger partial charge in [-0.05, 0) is 18.1 Å². The lowest BCUT2D eigenvalue weighted by Gasteiger charge is -2.40. The first-order chi connectivity index (χ1) is 20.2. The van der Waals surface area contributed by atoms with Crippen molar-refractivity contribution in [2.24, 2.45) is 0 Å². The molecule has 1 aliphatic rings. The highest BCUT2D eigenvalue weighted by atomic mass is 16.1. The maximum Gasteiger partial charge on any atom is 0.220 e. The van der Waals surface area contributed by atoms with E-state index in [0.717, 1.165) is 67.3 Å². The Hall–Kier alpha value is -4.59. The average molecular weight is 543 g/mol. The summed E-state index contributed by atoms with van der Waals surface area (Å²) in [4.78, 5) is 31.5. The SMILES string of the molecule is Cc1[nH]c(-c2ccccc2)c(N(C=O)c2cnccn2)c1CN1CCN(C(c2ccccc2)c2ccccc2)CC1. The molecule has 0 unspecified atom stereocenters. The number of anilines is 2. The third-order valence-corrected chi connectivity index (χ3v) is 7.88. The second-order valence-electron chi connectivity index (χ2n) is 10.4. The van der Waals surface area contributed by atoms with Crippen LogP contribution in [0.5, 0.6) is 0 Å². The Kier molecular flexibility index (Phi) is 7.98. The van der Waals surface area contributed by atoms with Gasteiger partial charge in [0.25, 0.3) is 0 Å². The van der Waals surface area contributed by atoms with Crippen molar-refractivity contribution in [3.63, 3.8) is 0 Å². The molecule has 3 aromatic carbocycles. The predicted octanol–water partition coefficient (Wildman–Crippen LogP) is 5.98. The van der Waals surface area contributed by atoms with Crippen LogP contribution in [0.15, 0.2) is 110 Å². The summed E-state index contributed by atoms with van der Waals surface area (Å²) < 4.78 is 0. The van der Waals surface area contributed by atoms with E-state index in [4.69, 9.17) is 0 Å². The van der Waals surface area contributed by atoms with Gasteiger partial charge in [0.15, 0.2) is 5.82 Å². The molecule has 6 rings (SSSR count). The summed E-state index contributed by atoms with van der Waals surface area (Å²) in [6, 6.07) is 31.9. The van der Waals surface area contributed by atoms with Crippen molar-refractivity contribution < 1.29 is 4.79 Å². The highest BCUT2D eigenvalue weighted by molar-refractivity contribution is 5.94. The van der Waals surface area contributed by atoms with Crippen LogP contribution in [0.3, 0.4) is 0 Å². The third-order valence-electron chi connectivity index (χ3n) is 7.88. The molecule has 1 N–H and O–H groups in total. The van der Waals surface area contributed by atoms with Gasteiger partial charge in [-0.1, -0.05) is 91.0 Å². The highest BCUT2D eigenvalue weighted by Gasteiger charge is 2.29. The van der Waals surface area contributed by atoms with E-state index in [2.05, 4.69) is 104 Å². The zero-order valence-electron chi connectivity index (χ0n) is 23.2. The van der Waals surface area contributed by atoms with Gasteiger partial charge in [-0.25, -0.2) is 4.98 Å². The van der Waals surface area contributed by atoms with Gasteiger partial charge in [0.2, 0.25) is 6.41 Å². The van der Waals surface area contributed by atoms with E-state index in [0.29, 0.717) is 5.82 Å². The summed E-state index contributed by atoms with van der Waals surface area (Å²) in [5, 5.41) is 0. The summed E-state index contributed by atoms with van der Waals surface area (Å²) in [6.45, 7) is 6.55. The molecule has 2 aromatic heterocycles. The van der Waals surface area contributed by atoms with Gasteiger partial charge >= 0.3 is 0 Å². The summed E-state index contributed by atoms with van der Waals surface area (Å²) in [5.74, 6) is 0.498. The molecule has 0 atom stereocenters. The quantitative estimate of drug-likeness (QED) is 0.232. The van der Waals surface area contributed by atoms with Crippen LogP contribution in [0.25, 0.3) is 11.3 Å². The Morgan fingerprint density at radius 2 is 1.46 bits per heavy atom. The van der Waals surface area contributed by atoms with Gasteiger partial charge in [-0.3, -0.25) is 24.5 Å². The number of rotatable bonds is 9. The molecule has 7 nitrogen and oxygen atoms in total. The number of carbonyl (C=O) groups is 1. The molecule has 41 heavy (non-hydrogen) atoms. The van der Waals surface area contributed by atoms with E-state index in [1.165, 1.54) is 11.1 Å². The molecule has 0 saturated carbocycles. The molecule has 206 valence electrons. The number of aromatic nitrogens is 3. The van der Waals surface area contributed by atoms with Crippen molar-refractivity contribution >= 4 is 17.9 Å². The standard InChI is InChI=1S/C34H34N6O/c1-26-30(34(32(37-26)27-11-5-2-6-12-27)40(25-41)31-23-35-17-18-36-31)24-38-19-21-39(22-20-38)33(28-13-7-3-8-14-28)29-15-9-4-10-16-29/h2-18,23,25,33,37H,19-22,24H2,1H3. The van der Waals surface area contributed by atoms with Gasteiger partial charge < -0.3 is 4.98 Å². The number of aryl methyl sites for hydroxylation is 1. The molecule has 5 aromatic rings. The van der Waals surface area contributed by atoms with Gasteiger partial charge in [0, 0.05) is 61.9 Å². The zero-order chi connectivity index (χ0) is 28.0. The maximum absolute atomic E-state index is 12.6. The molecule has 1 fully saturated rings. The van der Waals surface area contributed by atoms with Crippen LogP contribution in [0.1, 0.15) is 28.4 Å². The zero-order valence-corrected chi connectivity index (χ0v) is 23.2. The molecule has 0 radical (unpaired) electrons. The van der Waals surface area contributed by atoms with Crippen LogP contribution in [0, 0.1) is 6.92 Å². The number of carbonyl (C=O) groups excluding carboxylic acids is 1. The summed E-state index contributed by atoms with van der Waals surface area (Å²) in [6.07, 6.45) is 5.69. The van der Waals surface area contributed by atoms with Crippen LogP contribution < -0.4 is 4.90 Å². The van der Waals surface area contributed by atoms with Crippen molar-refractivity contribution in [2.45, 2.75) is 19.5 Å². The number of hydrogen-bond donors (Lipinski definition) is 1. The fourth-order valence-electron chi connectivity index (χ4n) is 5.85. The number of nitrogens with zero attached hydrogens (tertiary/aromatic N) is 5. The lowest BCUT2D eigenvalue weighted by Crippen LogP contribution is -2.47. The predicted molar refractivity (Wildman–Crippen MR) is 163 cm³/mol. The van der Waals surface area contributed by atoms with E-state index in [1.807, 2.05) is 18.2 Å². The lowest BCUT2D eigenvalue weighted by atomic mass is 9.96. The second-order valence-corrected chi connectivity index (χ2v) is 10.4. The number of nitrogens with one attached hydrogen (secondary N) is 1. The minimum absolute atomic E-state index is 0.219. The molecule has 1 amide bonds. The summed E-state index contributed by atoms with van der Waals surface area (Å²) in [5.41, 5.74) is 7.52. The van der Waals surface area contributed by atoms with E-state index < -0.39 is 0 Å². The fraction of sp³-hybridized carbons (Fsp3) is 0.206. The van der Waals surface area contributed by atoms with Gasteiger partial charge in [0.1, 0.15) is 0 Å². The first-order valence-electron chi connectivity index (χ1n) is 14.1. The highest BCUT2D eigenvalue weighted by Crippen LogP contribution is 2.39. The van der Waals surface area contributed by atoms with Crippen molar-refractivity contribution in [3.05, 3.63) is 132 Å². The second kappa shape index (κ2) is 12.3. The first-order valence-corrected chi connectivity index (χ1v) is 14.1. The van der Waals surface area contributed by atoms with Crippen molar-refractivity contribution in [2.75, 3.05) is 31.1 Å². The van der Waals surface area contributed by atoms with Crippen LogP contribution in [-0.2, 0) is 11.3 Å². The molecule has 0 bridgehead atoms. The van der Waals surface area contributed by atoms with Crippen LogP contribution in [0.4, 0.5) is 11.5 Å². The molecular weight excluding hydrogens is 508 g/mol. The molecule has 0 aliphatic carbocycles. The van der Waals surface area contributed by atoms with Crippen molar-refractivity contribution in [1.82, 2.24) is 24.8 Å². The van der Waals surface area contributed by atoms with Crippen LogP contribution >= 0.6 is 0 Å². The molecule has 1 aliphatic heterocycles. The number of H-pyrrole nitrogens is 1. The van der Waals surface area contributed by atoms with Gasteiger partial charge in [0.05, 0.1) is 23.6 Å². The van der Waals surface area contributed by atoms with Crippen LogP contribution in [0.2, 0.25) is 0 Å². The smallest absolute Gasteiger partial charge is 0.220 e. The minimum Gasteiger partial charge on any atom is -0.357 e. The van der Waals surface area contributed by atoms with Gasteiger partial charge in [-0.15, -0.1) is 0 Å². The van der Waals surface area contributed by atoms with Crippen LogP contribution in [-0.4, -0.2) is 57.3 Å². The Morgan fingerprint density at radius 3 is 2.02 bits per heavy atom. The monoisotopic (exact) mass is 542 g/mol. The first kappa shape index (κ1) is 26.6. The average Bonchev–Trinajstić information content (AvgIpc) is 3.35. The number of benzene rings is 3. The number of piperazine rings is 1. The maximum atomic E-state index is 12.6. The number of aromatic amines is 1. The molecule has 1 saturated heterocycles. The van der Waals surface area contributed by atoms with E-state index in [9.17, 15) is 4.79 Å². The number of amides is 1. The molecular formula is C34H34N6O. The molecule has 0 spiro atoms. The van der Waals surface area contributed by atoms with Gasteiger partial charge in [-0.2, -0.15) is 0 Å². The lowest BCUT2D eigenvalue weighted by molar-refractivity contribution is -0.106.